The van der Waals surface area contributed by atoms with Crippen LogP contribution in [0.4, 0.5) is 5.69 Å². The fraction of sp³-hybridized carbons (Fsp3) is 0.0714. The van der Waals surface area contributed by atoms with Crippen LogP contribution in [0, 0.1) is 0 Å². The lowest BCUT2D eigenvalue weighted by Crippen LogP contribution is -2.11. The molecule has 102 valence electrons. The van der Waals surface area contributed by atoms with Crippen LogP contribution in [-0.4, -0.2) is 17.8 Å². The van der Waals surface area contributed by atoms with Crippen molar-refractivity contribution in [1.82, 2.24) is 0 Å². The van der Waals surface area contributed by atoms with Gasteiger partial charge in [-0.15, -0.1) is 0 Å². The number of nitrogens with one attached hydrogen (secondary N) is 1. The van der Waals surface area contributed by atoms with Crippen molar-refractivity contribution >= 4 is 27.5 Å². The second-order valence-electron chi connectivity index (χ2n) is 4.18. The zero-order chi connectivity index (χ0) is 14.1. The Bertz CT molecular complexity index is 687. The first-order chi connectivity index (χ1) is 9.63. The smallest absolute Gasteiger partial charge is 0.259 e. The summed E-state index contributed by atoms with van der Waals surface area (Å²) in [6.45, 7) is 0.181. The van der Waals surface area contributed by atoms with Crippen molar-refractivity contribution < 1.29 is 19.4 Å². The lowest BCUT2D eigenvalue weighted by molar-refractivity contribution is 0.102. The van der Waals surface area contributed by atoms with E-state index in [1.54, 1.807) is 30.3 Å². The molecule has 1 heterocycles. The molecule has 0 saturated heterocycles. The number of anilines is 1. The Morgan fingerprint density at radius 3 is 2.75 bits per heavy atom. The second-order valence-corrected chi connectivity index (χ2v) is 5.10. The lowest BCUT2D eigenvalue weighted by Gasteiger charge is -2.07. The van der Waals surface area contributed by atoms with E-state index in [4.69, 9.17) is 9.47 Å². The molecule has 0 aromatic heterocycles. The number of rotatable bonds is 2. The zero-order valence-electron chi connectivity index (χ0n) is 10.2. The van der Waals surface area contributed by atoms with E-state index in [1.165, 1.54) is 6.07 Å². The van der Waals surface area contributed by atoms with Crippen LogP contribution >= 0.6 is 15.9 Å². The Morgan fingerprint density at radius 1 is 1.15 bits per heavy atom. The van der Waals surface area contributed by atoms with Crippen LogP contribution in [0.3, 0.4) is 0 Å². The highest BCUT2D eigenvalue weighted by Crippen LogP contribution is 2.34. The predicted molar refractivity (Wildman–Crippen MR) is 76.3 cm³/mol. The SMILES string of the molecule is O=C(Nc1ccc2c(c1)OCO2)c1ccc(Br)cc1O. The van der Waals surface area contributed by atoms with Gasteiger partial charge in [-0.3, -0.25) is 4.79 Å². The molecule has 3 rings (SSSR count). The van der Waals surface area contributed by atoms with Gasteiger partial charge in [0.25, 0.3) is 5.91 Å². The van der Waals surface area contributed by atoms with Gasteiger partial charge in [-0.05, 0) is 30.3 Å². The molecule has 0 aliphatic carbocycles. The molecule has 0 saturated carbocycles. The van der Waals surface area contributed by atoms with Gasteiger partial charge < -0.3 is 19.9 Å². The summed E-state index contributed by atoms with van der Waals surface area (Å²) in [5.74, 6) is 0.754. The van der Waals surface area contributed by atoms with Gasteiger partial charge in [0, 0.05) is 16.2 Å². The Labute approximate surface area is 123 Å². The number of benzene rings is 2. The number of aromatic hydroxyl groups is 1. The van der Waals surface area contributed by atoms with Gasteiger partial charge in [0.1, 0.15) is 5.75 Å². The maximum atomic E-state index is 12.1. The first-order valence-electron chi connectivity index (χ1n) is 5.83. The van der Waals surface area contributed by atoms with Gasteiger partial charge in [-0.2, -0.15) is 0 Å². The minimum Gasteiger partial charge on any atom is -0.507 e. The minimum atomic E-state index is -0.395. The summed E-state index contributed by atoms with van der Waals surface area (Å²) >= 11 is 3.22. The van der Waals surface area contributed by atoms with Gasteiger partial charge in [-0.25, -0.2) is 0 Å². The fourth-order valence-electron chi connectivity index (χ4n) is 1.87. The van der Waals surface area contributed by atoms with Crippen molar-refractivity contribution in [3.63, 3.8) is 0 Å². The summed E-state index contributed by atoms with van der Waals surface area (Å²) in [7, 11) is 0. The zero-order valence-corrected chi connectivity index (χ0v) is 11.8. The molecule has 5 nitrogen and oxygen atoms in total. The number of halogens is 1. The Balaban J connectivity index is 1.82. The highest BCUT2D eigenvalue weighted by molar-refractivity contribution is 9.10. The van der Waals surface area contributed by atoms with Crippen LogP contribution in [0.25, 0.3) is 0 Å². The first-order valence-corrected chi connectivity index (χ1v) is 6.62. The summed E-state index contributed by atoms with van der Waals surface area (Å²) in [4.78, 5) is 12.1. The molecule has 2 aromatic rings. The molecule has 0 unspecified atom stereocenters. The highest BCUT2D eigenvalue weighted by Gasteiger charge is 2.16. The molecule has 0 bridgehead atoms. The number of carbonyl (C=O) groups excluding carboxylic acids is 1. The van der Waals surface area contributed by atoms with Gasteiger partial charge in [0.15, 0.2) is 11.5 Å². The normalized spacial score (nSPS) is 12.2. The van der Waals surface area contributed by atoms with E-state index in [0.29, 0.717) is 21.7 Å². The average molecular weight is 336 g/mol. The largest absolute Gasteiger partial charge is 0.507 e. The summed E-state index contributed by atoms with van der Waals surface area (Å²) < 4.78 is 11.1. The van der Waals surface area contributed by atoms with Gasteiger partial charge in [0.2, 0.25) is 6.79 Å². The number of hydrogen-bond acceptors (Lipinski definition) is 4. The van der Waals surface area contributed by atoms with Crippen molar-refractivity contribution in [1.29, 1.82) is 0 Å². The monoisotopic (exact) mass is 335 g/mol. The van der Waals surface area contributed by atoms with Gasteiger partial charge in [-0.1, -0.05) is 15.9 Å². The number of amides is 1. The van der Waals surface area contributed by atoms with E-state index in [0.717, 1.165) is 0 Å². The topological polar surface area (TPSA) is 67.8 Å². The molecule has 2 aromatic carbocycles. The van der Waals surface area contributed by atoms with Crippen LogP contribution in [-0.2, 0) is 0 Å². The second kappa shape index (κ2) is 5.05. The van der Waals surface area contributed by atoms with Crippen molar-refractivity contribution in [2.45, 2.75) is 0 Å². The third-order valence-electron chi connectivity index (χ3n) is 2.83. The van der Waals surface area contributed by atoms with Crippen molar-refractivity contribution in [3.05, 3.63) is 46.4 Å². The molecule has 6 heteroatoms. The molecule has 0 spiro atoms. The number of carbonyl (C=O) groups is 1. The third-order valence-corrected chi connectivity index (χ3v) is 3.33. The van der Waals surface area contributed by atoms with Crippen LogP contribution < -0.4 is 14.8 Å². The van der Waals surface area contributed by atoms with Crippen molar-refractivity contribution in [2.24, 2.45) is 0 Å². The molecule has 1 aliphatic rings. The van der Waals surface area contributed by atoms with Crippen molar-refractivity contribution in [2.75, 3.05) is 12.1 Å². The molecular formula is C14H10BrNO4. The predicted octanol–water partition coefficient (Wildman–Crippen LogP) is 3.14. The Hall–Kier alpha value is -2.21. The summed E-state index contributed by atoms with van der Waals surface area (Å²) in [6, 6.07) is 9.81. The molecular weight excluding hydrogens is 326 g/mol. The van der Waals surface area contributed by atoms with E-state index in [-0.39, 0.29) is 18.1 Å². The number of hydrogen-bond donors (Lipinski definition) is 2. The summed E-state index contributed by atoms with van der Waals surface area (Å²) in [5, 5.41) is 12.5. The standard InChI is InChI=1S/C14H10BrNO4/c15-8-1-3-10(11(17)5-8)14(18)16-9-2-4-12-13(6-9)20-7-19-12/h1-6,17H,7H2,(H,16,18). The van der Waals surface area contributed by atoms with E-state index >= 15 is 0 Å². The Kier molecular flexibility index (Phi) is 3.23. The molecule has 1 amide bonds. The van der Waals surface area contributed by atoms with Crippen LogP contribution in [0.2, 0.25) is 0 Å². The lowest BCUT2D eigenvalue weighted by atomic mass is 10.2. The highest BCUT2D eigenvalue weighted by atomic mass is 79.9. The number of ether oxygens (including phenoxy) is 2. The van der Waals surface area contributed by atoms with Crippen molar-refractivity contribution in [3.8, 4) is 17.2 Å². The number of phenolic OH excluding ortho intramolecular Hbond substituents is 1. The minimum absolute atomic E-state index is 0.0855. The quantitative estimate of drug-likeness (QED) is 0.884. The van der Waals surface area contributed by atoms with E-state index in [1.807, 2.05) is 0 Å². The maximum absolute atomic E-state index is 12.1. The number of fused-ring (bicyclic) bond motifs is 1. The molecule has 20 heavy (non-hydrogen) atoms. The van der Waals surface area contributed by atoms with Crippen LogP contribution in [0.5, 0.6) is 17.2 Å². The summed E-state index contributed by atoms with van der Waals surface area (Å²) in [5.41, 5.74) is 0.771. The van der Waals surface area contributed by atoms with E-state index < -0.39 is 5.91 Å². The van der Waals surface area contributed by atoms with Gasteiger partial charge in [0.05, 0.1) is 5.56 Å². The molecule has 0 radical (unpaired) electrons. The third kappa shape index (κ3) is 2.42. The number of phenols is 1. The fourth-order valence-corrected chi connectivity index (χ4v) is 2.22. The first kappa shape index (κ1) is 12.8. The average Bonchev–Trinajstić information content (AvgIpc) is 2.85. The maximum Gasteiger partial charge on any atom is 0.259 e. The molecule has 1 aliphatic heterocycles. The summed E-state index contributed by atoms with van der Waals surface area (Å²) in [6.07, 6.45) is 0. The molecule has 0 atom stereocenters. The van der Waals surface area contributed by atoms with Crippen LogP contribution in [0.1, 0.15) is 10.4 Å². The Morgan fingerprint density at radius 2 is 1.95 bits per heavy atom. The van der Waals surface area contributed by atoms with Crippen LogP contribution in [0.15, 0.2) is 40.9 Å². The van der Waals surface area contributed by atoms with E-state index in [9.17, 15) is 9.90 Å². The van der Waals surface area contributed by atoms with Gasteiger partial charge >= 0.3 is 0 Å². The van der Waals surface area contributed by atoms with E-state index in [2.05, 4.69) is 21.2 Å². The molecule has 0 fully saturated rings. The molecule has 2 N–H and O–H groups in total.